The lowest BCUT2D eigenvalue weighted by Gasteiger charge is -2.12. The van der Waals surface area contributed by atoms with Crippen LogP contribution in [-0.2, 0) is 10.0 Å². The number of carbonyl (C=O) groups is 1. The lowest BCUT2D eigenvalue weighted by Crippen LogP contribution is -2.37. The van der Waals surface area contributed by atoms with E-state index < -0.39 is 15.8 Å². The van der Waals surface area contributed by atoms with Crippen LogP contribution in [0.25, 0.3) is 0 Å². The van der Waals surface area contributed by atoms with Crippen LogP contribution in [0, 0.1) is 5.82 Å². The maximum atomic E-state index is 12.9. The molecule has 1 aliphatic heterocycles. The molecule has 27 heavy (non-hydrogen) atoms. The fraction of sp³-hybridized carbons (Fsp3) is 0.278. The molecular weight excluding hydrogens is 393 g/mol. The Bertz CT molecular complexity index is 868. The average Bonchev–Trinajstić information content (AvgIpc) is 3.14. The second kappa shape index (κ2) is 9.16. The molecule has 1 saturated heterocycles. The number of carbonyl (C=O) groups excluding carboxylic acids is 1. The van der Waals surface area contributed by atoms with Gasteiger partial charge in [0.25, 0.3) is 15.9 Å². The van der Waals surface area contributed by atoms with Crippen molar-refractivity contribution >= 4 is 34.0 Å². The highest BCUT2D eigenvalue weighted by Crippen LogP contribution is 2.17. The Morgan fingerprint density at radius 1 is 1.11 bits per heavy atom. The molecule has 2 aromatic rings. The van der Waals surface area contributed by atoms with Gasteiger partial charge in [0.1, 0.15) is 5.82 Å². The van der Waals surface area contributed by atoms with E-state index in [-0.39, 0.29) is 23.2 Å². The lowest BCUT2D eigenvalue weighted by molar-refractivity contribution is 0.0950. The largest absolute Gasteiger partial charge is 0.350 e. The molecule has 6 nitrogen and oxygen atoms in total. The van der Waals surface area contributed by atoms with Gasteiger partial charge in [0.2, 0.25) is 0 Å². The molecule has 1 fully saturated rings. The van der Waals surface area contributed by atoms with Crippen LogP contribution >= 0.6 is 12.4 Å². The van der Waals surface area contributed by atoms with Crippen molar-refractivity contribution in [2.24, 2.45) is 0 Å². The number of sulfonamides is 1. The normalized spacial score (nSPS) is 16.4. The number of hydrogen-bond donors (Lipinski definition) is 3. The number of benzene rings is 2. The highest BCUT2D eigenvalue weighted by Gasteiger charge is 2.16. The molecule has 3 N–H and O–H groups in total. The van der Waals surface area contributed by atoms with Gasteiger partial charge in [0, 0.05) is 23.8 Å². The molecule has 146 valence electrons. The van der Waals surface area contributed by atoms with Crippen molar-refractivity contribution in [1.82, 2.24) is 10.6 Å². The Balaban J connectivity index is 0.00000261. The molecule has 0 radical (unpaired) electrons. The predicted octanol–water partition coefficient (Wildman–Crippen LogP) is 2.53. The van der Waals surface area contributed by atoms with Gasteiger partial charge >= 0.3 is 0 Å². The third kappa shape index (κ3) is 5.66. The summed E-state index contributed by atoms with van der Waals surface area (Å²) in [6.45, 7) is 1.54. The van der Waals surface area contributed by atoms with Gasteiger partial charge in [0.05, 0.1) is 4.90 Å². The standard InChI is InChI=1S/C18H20FN3O3S.ClH/c19-14-5-9-17(10-6-14)26(24,25)22-15-7-3-13(4-8-15)18(23)21-12-16-2-1-11-20-16;/h3-10,16,20,22H,1-2,11-12H2,(H,21,23);1H. The number of halogens is 2. The number of anilines is 1. The van der Waals surface area contributed by atoms with Gasteiger partial charge in [-0.15, -0.1) is 12.4 Å². The molecule has 1 aliphatic rings. The molecule has 3 rings (SSSR count). The van der Waals surface area contributed by atoms with Crippen LogP contribution in [0.3, 0.4) is 0 Å². The van der Waals surface area contributed by atoms with E-state index in [4.69, 9.17) is 0 Å². The van der Waals surface area contributed by atoms with Crippen molar-refractivity contribution in [2.45, 2.75) is 23.8 Å². The van der Waals surface area contributed by atoms with Crippen LogP contribution in [0.2, 0.25) is 0 Å². The Kier molecular flexibility index (Phi) is 7.18. The van der Waals surface area contributed by atoms with Crippen molar-refractivity contribution in [3.63, 3.8) is 0 Å². The van der Waals surface area contributed by atoms with Crippen molar-refractivity contribution in [3.05, 3.63) is 59.9 Å². The molecule has 1 heterocycles. The highest BCUT2D eigenvalue weighted by atomic mass is 35.5. The monoisotopic (exact) mass is 413 g/mol. The molecule has 0 aliphatic carbocycles. The van der Waals surface area contributed by atoms with Gasteiger partial charge < -0.3 is 10.6 Å². The van der Waals surface area contributed by atoms with E-state index in [0.29, 0.717) is 23.8 Å². The Hall–Kier alpha value is -2.16. The minimum atomic E-state index is -3.81. The second-order valence-corrected chi connectivity index (χ2v) is 7.82. The minimum Gasteiger partial charge on any atom is -0.350 e. The first kappa shape index (κ1) is 21.1. The van der Waals surface area contributed by atoms with Crippen molar-refractivity contribution in [2.75, 3.05) is 17.8 Å². The molecular formula is C18H21ClFN3O3S. The first-order valence-electron chi connectivity index (χ1n) is 8.34. The molecule has 9 heteroatoms. The highest BCUT2D eigenvalue weighted by molar-refractivity contribution is 7.92. The number of nitrogens with one attached hydrogen (secondary N) is 3. The van der Waals surface area contributed by atoms with Crippen LogP contribution in [0.5, 0.6) is 0 Å². The van der Waals surface area contributed by atoms with Gasteiger partial charge in [-0.3, -0.25) is 9.52 Å². The molecule has 0 aromatic heterocycles. The summed E-state index contributed by atoms with van der Waals surface area (Å²) in [5.41, 5.74) is 0.774. The average molecular weight is 414 g/mol. The third-order valence-corrected chi connectivity index (χ3v) is 5.59. The van der Waals surface area contributed by atoms with Gasteiger partial charge in [-0.05, 0) is 67.9 Å². The molecule has 1 unspecified atom stereocenters. The van der Waals surface area contributed by atoms with Crippen LogP contribution in [0.4, 0.5) is 10.1 Å². The molecule has 0 saturated carbocycles. The fourth-order valence-electron chi connectivity index (χ4n) is 2.77. The van der Waals surface area contributed by atoms with E-state index in [0.717, 1.165) is 31.5 Å². The first-order chi connectivity index (χ1) is 12.4. The summed E-state index contributed by atoms with van der Waals surface area (Å²) >= 11 is 0. The summed E-state index contributed by atoms with van der Waals surface area (Å²) in [7, 11) is -3.81. The fourth-order valence-corrected chi connectivity index (χ4v) is 3.82. The van der Waals surface area contributed by atoms with E-state index in [9.17, 15) is 17.6 Å². The van der Waals surface area contributed by atoms with Crippen LogP contribution in [0.1, 0.15) is 23.2 Å². The van der Waals surface area contributed by atoms with Gasteiger partial charge in [0.15, 0.2) is 0 Å². The summed E-state index contributed by atoms with van der Waals surface area (Å²) in [5, 5.41) is 6.17. The number of rotatable bonds is 6. The van der Waals surface area contributed by atoms with Crippen molar-refractivity contribution in [1.29, 1.82) is 0 Å². The zero-order chi connectivity index (χ0) is 18.6. The third-order valence-electron chi connectivity index (χ3n) is 4.19. The summed E-state index contributed by atoms with van der Waals surface area (Å²) in [4.78, 5) is 12.1. The van der Waals surface area contributed by atoms with Gasteiger partial charge in [-0.1, -0.05) is 0 Å². The maximum absolute atomic E-state index is 12.9. The topological polar surface area (TPSA) is 87.3 Å². The molecule has 1 amide bonds. The molecule has 1 atom stereocenters. The minimum absolute atomic E-state index is 0. The molecule has 2 aromatic carbocycles. The van der Waals surface area contributed by atoms with E-state index in [1.165, 1.54) is 24.3 Å². The molecule has 0 spiro atoms. The Morgan fingerprint density at radius 3 is 2.37 bits per heavy atom. The van der Waals surface area contributed by atoms with Crippen molar-refractivity contribution in [3.8, 4) is 0 Å². The van der Waals surface area contributed by atoms with E-state index in [1.54, 1.807) is 12.1 Å². The maximum Gasteiger partial charge on any atom is 0.261 e. The van der Waals surface area contributed by atoms with Crippen LogP contribution in [0.15, 0.2) is 53.4 Å². The van der Waals surface area contributed by atoms with Crippen LogP contribution in [-0.4, -0.2) is 33.5 Å². The summed E-state index contributed by atoms with van der Waals surface area (Å²) < 4.78 is 39.9. The summed E-state index contributed by atoms with van der Waals surface area (Å²) in [6, 6.07) is 11.0. The van der Waals surface area contributed by atoms with Crippen molar-refractivity contribution < 1.29 is 17.6 Å². The lowest BCUT2D eigenvalue weighted by atomic mass is 10.2. The molecule has 0 bridgehead atoms. The summed E-state index contributed by atoms with van der Waals surface area (Å²) in [6.07, 6.45) is 2.16. The zero-order valence-corrected chi connectivity index (χ0v) is 16.1. The first-order valence-corrected chi connectivity index (χ1v) is 9.82. The van der Waals surface area contributed by atoms with E-state index in [1.807, 2.05) is 0 Å². The number of hydrogen-bond acceptors (Lipinski definition) is 4. The smallest absolute Gasteiger partial charge is 0.261 e. The second-order valence-electron chi connectivity index (χ2n) is 6.14. The predicted molar refractivity (Wildman–Crippen MR) is 104 cm³/mol. The zero-order valence-electron chi connectivity index (χ0n) is 14.4. The Labute approximate surface area is 164 Å². The Morgan fingerprint density at radius 2 is 1.78 bits per heavy atom. The summed E-state index contributed by atoms with van der Waals surface area (Å²) in [5.74, 6) is -0.709. The van der Waals surface area contributed by atoms with Gasteiger partial charge in [-0.25, -0.2) is 12.8 Å². The van der Waals surface area contributed by atoms with E-state index >= 15 is 0 Å². The van der Waals surface area contributed by atoms with Gasteiger partial charge in [-0.2, -0.15) is 0 Å². The SMILES string of the molecule is Cl.O=C(NCC1CCCN1)c1ccc(NS(=O)(=O)c2ccc(F)cc2)cc1. The number of amides is 1. The van der Waals surface area contributed by atoms with Crippen LogP contribution < -0.4 is 15.4 Å². The quantitative estimate of drug-likeness (QED) is 0.679. The van der Waals surface area contributed by atoms with E-state index in [2.05, 4.69) is 15.4 Å².